The van der Waals surface area contributed by atoms with E-state index in [1.807, 2.05) is 24.3 Å². The van der Waals surface area contributed by atoms with Crippen molar-refractivity contribution < 1.29 is 14.6 Å². The number of hydrogen-bond acceptors (Lipinski definition) is 3. The zero-order valence-electron chi connectivity index (χ0n) is 13.7. The Balaban J connectivity index is 1.50. The molecule has 2 aromatic rings. The van der Waals surface area contributed by atoms with E-state index in [2.05, 4.69) is 4.98 Å². The summed E-state index contributed by atoms with van der Waals surface area (Å²) < 4.78 is 5.84. The number of rotatable bonds is 6. The average molecular weight is 356 g/mol. The summed E-state index contributed by atoms with van der Waals surface area (Å²) in [5.41, 5.74) is 4.14. The van der Waals surface area contributed by atoms with Crippen LogP contribution in [0, 0.1) is 5.92 Å². The number of carboxylic acid groups (broad SMARTS) is 1. The number of allylic oxidation sites excluding steroid dienone is 1. The number of carbonyl (C=O) groups is 1. The highest BCUT2D eigenvalue weighted by Crippen LogP contribution is 2.33. The standard InChI is InChI=1S/C20H18ClNO3/c21-17-4-3-13(10-19(17)25-11-12-1-2-12)7-14-8-16-15(20(23)24)5-6-22-18(16)9-14/h3-6,9-10,12H,1-2,7-8,11H2,(H,23,24). The van der Waals surface area contributed by atoms with E-state index in [0.717, 1.165) is 41.2 Å². The fourth-order valence-corrected chi connectivity index (χ4v) is 3.30. The van der Waals surface area contributed by atoms with Gasteiger partial charge in [-0.05, 0) is 67.0 Å². The summed E-state index contributed by atoms with van der Waals surface area (Å²) in [7, 11) is 0. The molecule has 4 rings (SSSR count). The minimum atomic E-state index is -0.907. The topological polar surface area (TPSA) is 59.4 Å². The van der Waals surface area contributed by atoms with Crippen LogP contribution in [0.1, 0.15) is 40.0 Å². The number of halogens is 1. The van der Waals surface area contributed by atoms with Gasteiger partial charge in [0.15, 0.2) is 0 Å². The van der Waals surface area contributed by atoms with E-state index < -0.39 is 5.97 Å². The molecule has 4 nitrogen and oxygen atoms in total. The predicted molar refractivity (Wildman–Crippen MR) is 96.3 cm³/mol. The summed E-state index contributed by atoms with van der Waals surface area (Å²) in [4.78, 5) is 15.7. The number of nitrogens with zero attached hydrogens (tertiary/aromatic N) is 1. The van der Waals surface area contributed by atoms with Gasteiger partial charge in [0.05, 0.1) is 22.9 Å². The van der Waals surface area contributed by atoms with Gasteiger partial charge in [-0.2, -0.15) is 0 Å². The lowest BCUT2D eigenvalue weighted by Crippen LogP contribution is -2.04. The summed E-state index contributed by atoms with van der Waals surface area (Å²) in [6.45, 7) is 0.725. The monoisotopic (exact) mass is 355 g/mol. The van der Waals surface area contributed by atoms with Gasteiger partial charge < -0.3 is 9.84 Å². The molecule has 0 unspecified atom stereocenters. The Kier molecular flexibility index (Phi) is 4.22. The molecule has 0 saturated heterocycles. The maximum atomic E-state index is 11.4. The number of pyridine rings is 1. The first-order chi connectivity index (χ1) is 12.1. The van der Waals surface area contributed by atoms with E-state index in [0.29, 0.717) is 22.9 Å². The third-order valence-corrected chi connectivity index (χ3v) is 4.97. The molecule has 0 aliphatic heterocycles. The molecule has 1 saturated carbocycles. The van der Waals surface area contributed by atoms with Crippen LogP contribution in [-0.2, 0) is 12.8 Å². The summed E-state index contributed by atoms with van der Waals surface area (Å²) in [5.74, 6) is 0.495. The summed E-state index contributed by atoms with van der Waals surface area (Å²) in [6, 6.07) is 7.40. The van der Waals surface area contributed by atoms with Crippen molar-refractivity contribution in [3.8, 4) is 5.75 Å². The Hall–Kier alpha value is -2.33. The van der Waals surface area contributed by atoms with Crippen LogP contribution in [0.4, 0.5) is 0 Å². The SMILES string of the molecule is O=C(O)c1ccnc2c1CC(Cc1ccc(Cl)c(OCC3CC3)c1)=C2. The molecule has 1 heterocycles. The number of carboxylic acids is 1. The van der Waals surface area contributed by atoms with Crippen molar-refractivity contribution in [2.75, 3.05) is 6.61 Å². The van der Waals surface area contributed by atoms with Crippen LogP contribution in [-0.4, -0.2) is 22.7 Å². The Morgan fingerprint density at radius 2 is 2.16 bits per heavy atom. The van der Waals surface area contributed by atoms with Crippen molar-refractivity contribution >= 4 is 23.6 Å². The average Bonchev–Trinajstić information content (AvgIpc) is 3.32. The lowest BCUT2D eigenvalue weighted by molar-refractivity contribution is 0.0695. The Labute approximate surface area is 151 Å². The van der Waals surface area contributed by atoms with E-state index >= 15 is 0 Å². The molecule has 2 aliphatic carbocycles. The van der Waals surface area contributed by atoms with Crippen molar-refractivity contribution in [1.29, 1.82) is 0 Å². The molecule has 1 fully saturated rings. The molecule has 2 aliphatic rings. The number of benzene rings is 1. The van der Waals surface area contributed by atoms with Gasteiger partial charge in [0.2, 0.25) is 0 Å². The molecule has 1 aromatic carbocycles. The summed E-state index contributed by atoms with van der Waals surface area (Å²) in [6.07, 6.45) is 7.36. The van der Waals surface area contributed by atoms with E-state index in [9.17, 15) is 9.90 Å². The fraction of sp³-hybridized carbons (Fsp3) is 0.300. The Morgan fingerprint density at radius 1 is 1.32 bits per heavy atom. The van der Waals surface area contributed by atoms with Gasteiger partial charge in [-0.25, -0.2) is 4.79 Å². The van der Waals surface area contributed by atoms with E-state index in [1.165, 1.54) is 12.8 Å². The van der Waals surface area contributed by atoms with E-state index in [1.54, 1.807) is 12.3 Å². The van der Waals surface area contributed by atoms with Gasteiger partial charge in [-0.15, -0.1) is 0 Å². The lowest BCUT2D eigenvalue weighted by atomic mass is 10.0. The molecule has 1 N–H and O–H groups in total. The zero-order chi connectivity index (χ0) is 17.4. The molecule has 0 spiro atoms. The largest absolute Gasteiger partial charge is 0.492 e. The van der Waals surface area contributed by atoms with E-state index in [-0.39, 0.29) is 0 Å². The highest BCUT2D eigenvalue weighted by Gasteiger charge is 2.23. The van der Waals surface area contributed by atoms with Gasteiger partial charge in [0.1, 0.15) is 5.75 Å². The second-order valence-electron chi connectivity index (χ2n) is 6.70. The number of fused-ring (bicyclic) bond motifs is 1. The van der Waals surface area contributed by atoms with Crippen LogP contribution < -0.4 is 4.74 Å². The van der Waals surface area contributed by atoms with E-state index in [4.69, 9.17) is 16.3 Å². The van der Waals surface area contributed by atoms with Crippen LogP contribution in [0.25, 0.3) is 6.08 Å². The van der Waals surface area contributed by atoms with Gasteiger partial charge in [0.25, 0.3) is 0 Å². The maximum Gasteiger partial charge on any atom is 0.336 e. The summed E-state index contributed by atoms with van der Waals surface area (Å²) in [5, 5.41) is 9.95. The predicted octanol–water partition coefficient (Wildman–Crippen LogP) is 4.40. The molecule has 0 amide bonds. The first-order valence-electron chi connectivity index (χ1n) is 8.42. The van der Waals surface area contributed by atoms with Crippen molar-refractivity contribution in [2.24, 2.45) is 5.92 Å². The van der Waals surface area contributed by atoms with Crippen molar-refractivity contribution in [3.63, 3.8) is 0 Å². The number of aromatic carboxylic acids is 1. The second-order valence-corrected chi connectivity index (χ2v) is 7.11. The fourth-order valence-electron chi connectivity index (χ4n) is 3.13. The van der Waals surface area contributed by atoms with Gasteiger partial charge in [0, 0.05) is 6.20 Å². The van der Waals surface area contributed by atoms with Crippen LogP contribution in [0.15, 0.2) is 36.0 Å². The van der Waals surface area contributed by atoms with Crippen molar-refractivity contribution in [2.45, 2.75) is 25.7 Å². The smallest absolute Gasteiger partial charge is 0.336 e. The summed E-state index contributed by atoms with van der Waals surface area (Å²) >= 11 is 6.23. The molecular weight excluding hydrogens is 338 g/mol. The Morgan fingerprint density at radius 3 is 2.92 bits per heavy atom. The molecule has 0 atom stereocenters. The molecule has 25 heavy (non-hydrogen) atoms. The number of hydrogen-bond donors (Lipinski definition) is 1. The zero-order valence-corrected chi connectivity index (χ0v) is 14.4. The molecular formula is C20H18ClNO3. The molecule has 0 bridgehead atoms. The van der Waals surface area contributed by atoms with Crippen molar-refractivity contribution in [3.05, 3.63) is 63.4 Å². The molecule has 0 radical (unpaired) electrons. The van der Waals surface area contributed by atoms with Gasteiger partial charge in [-0.1, -0.05) is 23.2 Å². The third kappa shape index (κ3) is 3.54. The van der Waals surface area contributed by atoms with Gasteiger partial charge in [-0.3, -0.25) is 4.98 Å². The van der Waals surface area contributed by atoms with Gasteiger partial charge >= 0.3 is 5.97 Å². The minimum Gasteiger partial charge on any atom is -0.492 e. The van der Waals surface area contributed by atoms with Crippen LogP contribution in [0.2, 0.25) is 5.02 Å². The maximum absolute atomic E-state index is 11.4. The van der Waals surface area contributed by atoms with Crippen LogP contribution in [0.5, 0.6) is 5.75 Å². The molecule has 5 heteroatoms. The lowest BCUT2D eigenvalue weighted by Gasteiger charge is -2.10. The van der Waals surface area contributed by atoms with Crippen LogP contribution in [0.3, 0.4) is 0 Å². The highest BCUT2D eigenvalue weighted by molar-refractivity contribution is 6.32. The molecule has 1 aromatic heterocycles. The highest BCUT2D eigenvalue weighted by atomic mass is 35.5. The first-order valence-corrected chi connectivity index (χ1v) is 8.80. The number of aromatic nitrogens is 1. The Bertz CT molecular complexity index is 871. The second kappa shape index (κ2) is 6.52. The van der Waals surface area contributed by atoms with Crippen LogP contribution >= 0.6 is 11.6 Å². The minimum absolute atomic E-state index is 0.334. The number of ether oxygens (including phenoxy) is 1. The third-order valence-electron chi connectivity index (χ3n) is 4.66. The normalized spacial score (nSPS) is 15.6. The first kappa shape index (κ1) is 16.2. The molecule has 128 valence electrons. The quantitative estimate of drug-likeness (QED) is 0.834. The van der Waals surface area contributed by atoms with Crippen molar-refractivity contribution in [1.82, 2.24) is 4.98 Å².